The highest BCUT2D eigenvalue weighted by molar-refractivity contribution is 6.05. The van der Waals surface area contributed by atoms with Crippen LogP contribution in [0.3, 0.4) is 0 Å². The van der Waals surface area contributed by atoms with Gasteiger partial charge in [0.1, 0.15) is 11.8 Å². The lowest BCUT2D eigenvalue weighted by Crippen LogP contribution is -2.40. The third-order valence-electron chi connectivity index (χ3n) is 5.78. The van der Waals surface area contributed by atoms with Crippen LogP contribution in [0.15, 0.2) is 36.4 Å². The van der Waals surface area contributed by atoms with Crippen molar-refractivity contribution < 1.29 is 28.6 Å². The Bertz CT molecular complexity index is 1020. The molecule has 0 bridgehead atoms. The molecule has 0 spiro atoms. The molecule has 1 atom stereocenters. The quantitative estimate of drug-likeness (QED) is 0.666. The second-order valence-electron chi connectivity index (χ2n) is 7.63. The maximum Gasteiger partial charge on any atom is 0.327 e. The normalized spacial score (nSPS) is 17.0. The third kappa shape index (κ3) is 3.93. The smallest absolute Gasteiger partial charge is 0.327 e. The van der Waals surface area contributed by atoms with Gasteiger partial charge in [-0.1, -0.05) is 6.07 Å². The number of methoxy groups -OCH3 is 3. The average Bonchev–Trinajstić information content (AvgIpc) is 3.04. The van der Waals surface area contributed by atoms with Gasteiger partial charge in [0.2, 0.25) is 5.91 Å². The lowest BCUT2D eigenvalue weighted by molar-refractivity contribution is -0.128. The molecular weight excluding hydrogens is 414 g/mol. The van der Waals surface area contributed by atoms with Crippen molar-refractivity contribution >= 4 is 23.5 Å². The molecule has 2 aliphatic rings. The molecule has 2 aromatic rings. The highest BCUT2D eigenvalue weighted by atomic mass is 16.5. The summed E-state index contributed by atoms with van der Waals surface area (Å²) in [5, 5.41) is 2.76. The Balaban J connectivity index is 1.42. The number of carbonyl (C=O) groups is 3. The summed E-state index contributed by atoms with van der Waals surface area (Å²) in [5.41, 5.74) is 2.45. The van der Waals surface area contributed by atoms with Crippen molar-refractivity contribution in [2.45, 2.75) is 25.4 Å². The zero-order valence-corrected chi connectivity index (χ0v) is 18.2. The van der Waals surface area contributed by atoms with E-state index in [1.54, 1.807) is 50.5 Å². The molecule has 0 aromatic heterocycles. The van der Waals surface area contributed by atoms with E-state index in [9.17, 15) is 14.4 Å². The molecule has 2 aliphatic heterocycles. The van der Waals surface area contributed by atoms with E-state index in [1.165, 1.54) is 0 Å². The Morgan fingerprint density at radius 3 is 2.44 bits per heavy atom. The zero-order chi connectivity index (χ0) is 22.8. The number of hydrogen-bond acceptors (Lipinski definition) is 6. The van der Waals surface area contributed by atoms with Crippen molar-refractivity contribution in [3.05, 3.63) is 47.5 Å². The van der Waals surface area contributed by atoms with Crippen molar-refractivity contribution in [2.24, 2.45) is 0 Å². The minimum Gasteiger partial charge on any atom is -0.497 e. The van der Waals surface area contributed by atoms with Crippen molar-refractivity contribution in [1.82, 2.24) is 9.80 Å². The van der Waals surface area contributed by atoms with Gasteiger partial charge in [-0.2, -0.15) is 0 Å². The largest absolute Gasteiger partial charge is 0.497 e. The lowest BCUT2D eigenvalue weighted by Gasteiger charge is -2.29. The Kier molecular flexibility index (Phi) is 5.89. The van der Waals surface area contributed by atoms with Gasteiger partial charge in [-0.05, 0) is 35.4 Å². The van der Waals surface area contributed by atoms with Crippen LogP contribution in [0.4, 0.5) is 10.5 Å². The number of nitrogens with one attached hydrogen (secondary N) is 1. The molecule has 2 aromatic carbocycles. The highest BCUT2D eigenvalue weighted by Crippen LogP contribution is 2.37. The van der Waals surface area contributed by atoms with Crippen LogP contribution in [0.2, 0.25) is 0 Å². The first-order chi connectivity index (χ1) is 15.4. The predicted molar refractivity (Wildman–Crippen MR) is 116 cm³/mol. The number of carbonyl (C=O) groups excluding carboxylic acids is 3. The number of anilines is 1. The summed E-state index contributed by atoms with van der Waals surface area (Å²) < 4.78 is 15.9. The molecule has 2 heterocycles. The number of benzene rings is 2. The van der Waals surface area contributed by atoms with E-state index >= 15 is 0 Å². The van der Waals surface area contributed by atoms with E-state index in [0.717, 1.165) is 16.0 Å². The van der Waals surface area contributed by atoms with Gasteiger partial charge in [-0.25, -0.2) is 4.79 Å². The van der Waals surface area contributed by atoms with Crippen LogP contribution in [-0.4, -0.2) is 61.6 Å². The molecule has 1 fully saturated rings. The number of urea groups is 1. The van der Waals surface area contributed by atoms with E-state index in [2.05, 4.69) is 5.32 Å². The van der Waals surface area contributed by atoms with Crippen molar-refractivity contribution in [3.8, 4) is 17.2 Å². The summed E-state index contributed by atoms with van der Waals surface area (Å²) in [7, 11) is 4.66. The summed E-state index contributed by atoms with van der Waals surface area (Å²) in [4.78, 5) is 41.0. The van der Waals surface area contributed by atoms with Gasteiger partial charge in [0.05, 0.1) is 21.3 Å². The van der Waals surface area contributed by atoms with Gasteiger partial charge in [0.15, 0.2) is 11.5 Å². The van der Waals surface area contributed by atoms with Gasteiger partial charge in [-0.15, -0.1) is 0 Å². The van der Waals surface area contributed by atoms with Crippen LogP contribution in [0.5, 0.6) is 17.2 Å². The first-order valence-electron chi connectivity index (χ1n) is 10.2. The molecule has 9 nitrogen and oxygen atoms in total. The molecule has 0 radical (unpaired) electrons. The number of fused-ring (bicyclic) bond motifs is 2. The van der Waals surface area contributed by atoms with Gasteiger partial charge in [-0.3, -0.25) is 14.5 Å². The average molecular weight is 439 g/mol. The first kappa shape index (κ1) is 21.5. The minimum atomic E-state index is -0.574. The predicted octanol–water partition coefficient (Wildman–Crippen LogP) is 2.43. The molecule has 9 heteroatoms. The lowest BCUT2D eigenvalue weighted by atomic mass is 9.94. The number of rotatable bonds is 7. The fraction of sp³-hybridized carbons (Fsp3) is 0.348. The molecule has 168 valence electrons. The molecule has 0 saturated carbocycles. The number of imide groups is 1. The monoisotopic (exact) mass is 439 g/mol. The first-order valence-corrected chi connectivity index (χ1v) is 10.2. The van der Waals surface area contributed by atoms with Crippen molar-refractivity contribution in [1.29, 1.82) is 0 Å². The van der Waals surface area contributed by atoms with Crippen LogP contribution in [-0.2, 0) is 22.6 Å². The van der Waals surface area contributed by atoms with Gasteiger partial charge < -0.3 is 24.4 Å². The van der Waals surface area contributed by atoms with Crippen LogP contribution >= 0.6 is 0 Å². The van der Waals surface area contributed by atoms with Gasteiger partial charge in [0, 0.05) is 37.7 Å². The zero-order valence-electron chi connectivity index (χ0n) is 18.2. The van der Waals surface area contributed by atoms with Gasteiger partial charge in [0.25, 0.3) is 5.91 Å². The van der Waals surface area contributed by atoms with E-state index in [0.29, 0.717) is 35.9 Å². The summed E-state index contributed by atoms with van der Waals surface area (Å²) >= 11 is 0. The fourth-order valence-electron chi connectivity index (χ4n) is 4.11. The fourth-order valence-corrected chi connectivity index (χ4v) is 4.11. The van der Waals surface area contributed by atoms with E-state index in [1.807, 2.05) is 12.1 Å². The molecule has 4 rings (SSSR count). The number of nitrogens with zero attached hydrogens (tertiary/aromatic N) is 2. The summed E-state index contributed by atoms with van der Waals surface area (Å²) in [6.07, 6.45) is 0.399. The molecule has 32 heavy (non-hydrogen) atoms. The Morgan fingerprint density at radius 1 is 1.03 bits per heavy atom. The summed E-state index contributed by atoms with van der Waals surface area (Å²) in [6, 6.07) is 9.72. The number of hydrogen-bond donors (Lipinski definition) is 1. The number of ether oxygens (including phenoxy) is 3. The third-order valence-corrected chi connectivity index (χ3v) is 5.78. The molecule has 1 saturated heterocycles. The topological polar surface area (TPSA) is 97.4 Å². The Hall–Kier alpha value is -3.75. The molecule has 0 aliphatic carbocycles. The standard InChI is InChI=1S/C23H25N3O6/c1-30-17-6-4-5-16(12-17)24-21(27)7-8-25-22(28)18-9-14-10-19(31-2)20(32-3)11-15(14)13-26(18)23(25)29/h4-6,10-12,18H,7-9,13H2,1-3H3,(H,24,27). The Morgan fingerprint density at radius 2 is 1.75 bits per heavy atom. The van der Waals surface area contributed by atoms with Crippen molar-refractivity contribution in [3.63, 3.8) is 0 Å². The second-order valence-corrected chi connectivity index (χ2v) is 7.63. The molecular formula is C23H25N3O6. The van der Waals surface area contributed by atoms with Crippen LogP contribution in [0.1, 0.15) is 17.5 Å². The summed E-state index contributed by atoms with van der Waals surface area (Å²) in [5.74, 6) is 1.21. The van der Waals surface area contributed by atoms with E-state index in [-0.39, 0.29) is 30.8 Å². The molecule has 1 N–H and O–H groups in total. The maximum absolute atomic E-state index is 13.0. The van der Waals surface area contributed by atoms with Crippen LogP contribution in [0, 0.1) is 0 Å². The highest BCUT2D eigenvalue weighted by Gasteiger charge is 2.47. The maximum atomic E-state index is 13.0. The van der Waals surface area contributed by atoms with Crippen LogP contribution < -0.4 is 19.5 Å². The van der Waals surface area contributed by atoms with Gasteiger partial charge >= 0.3 is 6.03 Å². The van der Waals surface area contributed by atoms with Crippen LogP contribution in [0.25, 0.3) is 0 Å². The summed E-state index contributed by atoms with van der Waals surface area (Å²) in [6.45, 7) is 0.320. The van der Waals surface area contributed by atoms with E-state index in [4.69, 9.17) is 14.2 Å². The van der Waals surface area contributed by atoms with Crippen molar-refractivity contribution in [2.75, 3.05) is 33.2 Å². The SMILES string of the molecule is COc1cccc(NC(=O)CCN2C(=O)C3Cc4cc(OC)c(OC)cc4CN3C2=O)c1. The van der Waals surface area contributed by atoms with E-state index < -0.39 is 6.04 Å². The minimum absolute atomic E-state index is 0.00381. The number of amides is 4. The molecule has 1 unspecified atom stereocenters. The Labute approximate surface area is 185 Å². The molecule has 4 amide bonds. The second kappa shape index (κ2) is 8.78.